The third-order valence-electron chi connectivity index (χ3n) is 1.90. The van der Waals surface area contributed by atoms with Crippen molar-refractivity contribution >= 4 is 0 Å². The molecule has 80 valence electrons. The van der Waals surface area contributed by atoms with E-state index in [1.807, 2.05) is 18.2 Å². The van der Waals surface area contributed by atoms with Crippen molar-refractivity contribution in [2.24, 2.45) is 5.73 Å². The summed E-state index contributed by atoms with van der Waals surface area (Å²) in [6.45, 7) is 0.569. The molecule has 3 heteroatoms. The van der Waals surface area contributed by atoms with Gasteiger partial charge in [-0.25, -0.2) is 0 Å². The monoisotopic (exact) mass is 205 g/mol. The molecule has 0 radical (unpaired) electrons. The lowest BCUT2D eigenvalue weighted by Crippen LogP contribution is -1.95. The molecule has 0 aliphatic rings. The van der Waals surface area contributed by atoms with Gasteiger partial charge in [0.05, 0.1) is 19.8 Å². The number of ether oxygens (including phenoxy) is 2. The highest BCUT2D eigenvalue weighted by Gasteiger charge is 2.01. The summed E-state index contributed by atoms with van der Waals surface area (Å²) in [7, 11) is 3.24. The fourth-order valence-electron chi connectivity index (χ4n) is 1.14. The Labute approximate surface area is 90.2 Å². The van der Waals surface area contributed by atoms with Crippen molar-refractivity contribution < 1.29 is 9.47 Å². The number of nitrogens with two attached hydrogens (primary N) is 1. The van der Waals surface area contributed by atoms with Crippen LogP contribution in [-0.2, 0) is 0 Å². The Morgan fingerprint density at radius 1 is 1.27 bits per heavy atom. The largest absolute Gasteiger partial charge is 0.497 e. The Kier molecular flexibility index (Phi) is 4.52. The van der Waals surface area contributed by atoms with Crippen LogP contribution in [0.4, 0.5) is 0 Å². The first-order valence-electron chi connectivity index (χ1n) is 4.72. The van der Waals surface area contributed by atoms with Gasteiger partial charge in [-0.2, -0.15) is 0 Å². The van der Waals surface area contributed by atoms with Gasteiger partial charge in [-0.05, 0) is 18.2 Å². The van der Waals surface area contributed by atoms with Crippen molar-refractivity contribution in [1.82, 2.24) is 0 Å². The van der Waals surface area contributed by atoms with E-state index in [1.165, 1.54) is 0 Å². The maximum Gasteiger partial charge on any atom is 0.134 e. The molecule has 1 rings (SSSR count). The SMILES string of the molecule is COc1ccc(OC)c(C#CCCN)c1. The molecular weight excluding hydrogens is 190 g/mol. The first kappa shape index (κ1) is 11.4. The van der Waals surface area contributed by atoms with Crippen molar-refractivity contribution in [3.63, 3.8) is 0 Å². The Balaban J connectivity index is 2.97. The van der Waals surface area contributed by atoms with Crippen LogP contribution in [0, 0.1) is 11.8 Å². The molecule has 1 aromatic carbocycles. The molecule has 0 aliphatic carbocycles. The third-order valence-corrected chi connectivity index (χ3v) is 1.90. The van der Waals surface area contributed by atoms with Crippen LogP contribution in [0.2, 0.25) is 0 Å². The molecule has 2 N–H and O–H groups in total. The zero-order valence-electron chi connectivity index (χ0n) is 9.04. The quantitative estimate of drug-likeness (QED) is 0.759. The smallest absolute Gasteiger partial charge is 0.134 e. The summed E-state index contributed by atoms with van der Waals surface area (Å²) in [4.78, 5) is 0. The van der Waals surface area contributed by atoms with E-state index in [2.05, 4.69) is 11.8 Å². The van der Waals surface area contributed by atoms with Crippen LogP contribution < -0.4 is 15.2 Å². The van der Waals surface area contributed by atoms with Crippen molar-refractivity contribution in [2.75, 3.05) is 20.8 Å². The summed E-state index contributed by atoms with van der Waals surface area (Å²) >= 11 is 0. The highest BCUT2D eigenvalue weighted by atomic mass is 16.5. The van der Waals surface area contributed by atoms with E-state index in [-0.39, 0.29) is 0 Å². The summed E-state index contributed by atoms with van der Waals surface area (Å²) in [5.74, 6) is 7.49. The molecule has 0 fully saturated rings. The normalized spacial score (nSPS) is 9.00. The van der Waals surface area contributed by atoms with Gasteiger partial charge in [0.25, 0.3) is 0 Å². The summed E-state index contributed by atoms with van der Waals surface area (Å²) in [6, 6.07) is 5.53. The zero-order valence-corrected chi connectivity index (χ0v) is 9.04. The van der Waals surface area contributed by atoms with Crippen LogP contribution in [0.3, 0.4) is 0 Å². The van der Waals surface area contributed by atoms with E-state index >= 15 is 0 Å². The molecule has 3 nitrogen and oxygen atoms in total. The van der Waals surface area contributed by atoms with E-state index in [1.54, 1.807) is 14.2 Å². The molecule has 0 saturated heterocycles. The Morgan fingerprint density at radius 3 is 2.67 bits per heavy atom. The van der Waals surface area contributed by atoms with Crippen LogP contribution in [0.15, 0.2) is 18.2 Å². The van der Waals surface area contributed by atoms with Gasteiger partial charge < -0.3 is 15.2 Å². The van der Waals surface area contributed by atoms with Crippen LogP contribution in [-0.4, -0.2) is 20.8 Å². The van der Waals surface area contributed by atoms with Crippen molar-refractivity contribution in [2.45, 2.75) is 6.42 Å². The molecular formula is C12H15NO2. The molecule has 0 atom stereocenters. The van der Waals surface area contributed by atoms with Crippen molar-refractivity contribution in [3.8, 4) is 23.3 Å². The average Bonchev–Trinajstić information content (AvgIpc) is 2.29. The molecule has 0 saturated carbocycles. The minimum Gasteiger partial charge on any atom is -0.497 e. The fourth-order valence-corrected chi connectivity index (χ4v) is 1.14. The zero-order chi connectivity index (χ0) is 11.1. The predicted molar refractivity (Wildman–Crippen MR) is 60.1 cm³/mol. The van der Waals surface area contributed by atoms with Crippen LogP contribution in [0.1, 0.15) is 12.0 Å². The van der Waals surface area contributed by atoms with Crippen molar-refractivity contribution in [1.29, 1.82) is 0 Å². The lowest BCUT2D eigenvalue weighted by Gasteiger charge is -2.05. The minimum atomic E-state index is 0.569. The first-order chi connectivity index (χ1) is 7.31. The predicted octanol–water partition coefficient (Wildman–Crippen LogP) is 1.40. The molecule has 15 heavy (non-hydrogen) atoms. The second-order valence-electron chi connectivity index (χ2n) is 2.91. The van der Waals surface area contributed by atoms with Crippen molar-refractivity contribution in [3.05, 3.63) is 23.8 Å². The van der Waals surface area contributed by atoms with Gasteiger partial charge in [-0.15, -0.1) is 0 Å². The van der Waals surface area contributed by atoms with E-state index in [0.717, 1.165) is 17.1 Å². The van der Waals surface area contributed by atoms with E-state index in [0.29, 0.717) is 13.0 Å². The van der Waals surface area contributed by atoms with Crippen LogP contribution >= 0.6 is 0 Å². The van der Waals surface area contributed by atoms with Gasteiger partial charge in [0.15, 0.2) is 0 Å². The first-order valence-corrected chi connectivity index (χ1v) is 4.72. The second kappa shape index (κ2) is 5.94. The lowest BCUT2D eigenvalue weighted by molar-refractivity contribution is 0.402. The second-order valence-corrected chi connectivity index (χ2v) is 2.91. The average molecular weight is 205 g/mol. The lowest BCUT2D eigenvalue weighted by atomic mass is 10.2. The molecule has 0 aliphatic heterocycles. The molecule has 0 spiro atoms. The number of methoxy groups -OCH3 is 2. The topological polar surface area (TPSA) is 44.5 Å². The maximum atomic E-state index is 5.36. The highest BCUT2D eigenvalue weighted by molar-refractivity contribution is 5.50. The molecule has 0 amide bonds. The molecule has 0 unspecified atom stereocenters. The van der Waals surface area contributed by atoms with E-state index < -0.39 is 0 Å². The molecule has 0 bridgehead atoms. The molecule has 0 heterocycles. The number of rotatable bonds is 3. The van der Waals surface area contributed by atoms with Gasteiger partial charge in [-0.1, -0.05) is 11.8 Å². The highest BCUT2D eigenvalue weighted by Crippen LogP contribution is 2.22. The summed E-state index contributed by atoms with van der Waals surface area (Å²) in [5.41, 5.74) is 6.19. The fraction of sp³-hybridized carbons (Fsp3) is 0.333. The standard InChI is InChI=1S/C12H15NO2/c1-14-11-6-7-12(15-2)10(9-11)5-3-4-8-13/h6-7,9H,4,8,13H2,1-2H3. The molecule has 1 aromatic rings. The Hall–Kier alpha value is -1.66. The summed E-state index contributed by atoms with van der Waals surface area (Å²) in [6.07, 6.45) is 0.681. The minimum absolute atomic E-state index is 0.569. The molecule has 0 aromatic heterocycles. The number of hydrogen-bond donors (Lipinski definition) is 1. The summed E-state index contributed by atoms with van der Waals surface area (Å²) in [5, 5.41) is 0. The van der Waals surface area contributed by atoms with Gasteiger partial charge in [-0.3, -0.25) is 0 Å². The van der Waals surface area contributed by atoms with Gasteiger partial charge in [0, 0.05) is 13.0 Å². The number of benzene rings is 1. The van der Waals surface area contributed by atoms with Crippen LogP contribution in [0.25, 0.3) is 0 Å². The Bertz CT molecular complexity index is 377. The Morgan fingerprint density at radius 2 is 2.07 bits per heavy atom. The maximum absolute atomic E-state index is 5.36. The van der Waals surface area contributed by atoms with Crippen LogP contribution in [0.5, 0.6) is 11.5 Å². The van der Waals surface area contributed by atoms with Gasteiger partial charge in [0.2, 0.25) is 0 Å². The third kappa shape index (κ3) is 3.19. The van der Waals surface area contributed by atoms with E-state index in [4.69, 9.17) is 15.2 Å². The van der Waals surface area contributed by atoms with Gasteiger partial charge >= 0.3 is 0 Å². The summed E-state index contributed by atoms with van der Waals surface area (Å²) < 4.78 is 10.3. The van der Waals surface area contributed by atoms with E-state index in [9.17, 15) is 0 Å². The number of hydrogen-bond acceptors (Lipinski definition) is 3. The van der Waals surface area contributed by atoms with Gasteiger partial charge in [0.1, 0.15) is 11.5 Å².